The molecule has 0 aromatic carbocycles. The van der Waals surface area contributed by atoms with Gasteiger partial charge >= 0.3 is 5.97 Å². The fraction of sp³-hybridized carbons (Fsp3) is 0.636. The van der Waals surface area contributed by atoms with Gasteiger partial charge in [-0.05, 0) is 40.2 Å². The molecular formula is C11H18N2O2. The summed E-state index contributed by atoms with van der Waals surface area (Å²) in [5, 5.41) is 4.33. The third-order valence-electron chi connectivity index (χ3n) is 2.68. The lowest BCUT2D eigenvalue weighted by atomic mass is 10.2. The number of aryl methyl sites for hydroxylation is 1. The Bertz CT molecular complexity index is 369. The van der Waals surface area contributed by atoms with Crippen LogP contribution in [0.5, 0.6) is 0 Å². The average Bonchev–Trinajstić information content (AvgIpc) is 2.45. The average molecular weight is 210 g/mol. The van der Waals surface area contributed by atoms with E-state index >= 15 is 0 Å². The molecule has 0 saturated carbocycles. The van der Waals surface area contributed by atoms with Crippen LogP contribution in [0.3, 0.4) is 0 Å². The van der Waals surface area contributed by atoms with E-state index in [0.29, 0.717) is 6.61 Å². The molecule has 0 saturated heterocycles. The van der Waals surface area contributed by atoms with Crippen LogP contribution in [0.1, 0.15) is 36.8 Å². The minimum atomic E-state index is -0.350. The van der Waals surface area contributed by atoms with Crippen molar-refractivity contribution in [3.8, 4) is 0 Å². The Hall–Kier alpha value is -1.32. The van der Waals surface area contributed by atoms with Gasteiger partial charge in [-0.2, -0.15) is 5.10 Å². The van der Waals surface area contributed by atoms with E-state index in [4.69, 9.17) is 4.74 Å². The van der Waals surface area contributed by atoms with Gasteiger partial charge in [0.25, 0.3) is 0 Å². The predicted molar refractivity (Wildman–Crippen MR) is 57.8 cm³/mol. The Balaban J connectivity index is 2.96. The summed E-state index contributed by atoms with van der Waals surface area (Å²) >= 11 is 0. The smallest absolute Gasteiger partial charge is 0.330 e. The number of rotatable bonds is 3. The van der Waals surface area contributed by atoms with Crippen molar-refractivity contribution in [2.45, 2.75) is 40.7 Å². The Labute approximate surface area is 90.2 Å². The summed E-state index contributed by atoms with van der Waals surface area (Å²) in [6.07, 6.45) is 0. The quantitative estimate of drug-likeness (QED) is 0.716. The molecule has 1 atom stereocenters. The number of aromatic nitrogens is 2. The zero-order valence-corrected chi connectivity index (χ0v) is 10.00. The molecule has 0 fully saturated rings. The lowest BCUT2D eigenvalue weighted by Crippen LogP contribution is -2.21. The second kappa shape index (κ2) is 4.47. The third kappa shape index (κ3) is 2.19. The molecule has 0 unspecified atom stereocenters. The summed E-state index contributed by atoms with van der Waals surface area (Å²) in [4.78, 5) is 11.5. The van der Waals surface area contributed by atoms with Crippen LogP contribution in [0.4, 0.5) is 0 Å². The molecule has 0 radical (unpaired) electrons. The fourth-order valence-electron chi connectivity index (χ4n) is 1.49. The number of carbonyl (C=O) groups excluding carboxylic acids is 1. The fourth-order valence-corrected chi connectivity index (χ4v) is 1.49. The van der Waals surface area contributed by atoms with Gasteiger partial charge in [0.15, 0.2) is 0 Å². The predicted octanol–water partition coefficient (Wildman–Crippen LogP) is 1.93. The van der Waals surface area contributed by atoms with Crippen LogP contribution in [0.2, 0.25) is 0 Å². The summed E-state index contributed by atoms with van der Waals surface area (Å²) in [5.74, 6) is -0.233. The summed E-state index contributed by atoms with van der Waals surface area (Å²) < 4.78 is 6.69. The largest absolute Gasteiger partial charge is 0.464 e. The van der Waals surface area contributed by atoms with Crippen LogP contribution in [0, 0.1) is 20.8 Å². The summed E-state index contributed by atoms with van der Waals surface area (Å²) in [5.41, 5.74) is 3.11. The number of hydrogen-bond donors (Lipinski definition) is 0. The van der Waals surface area contributed by atoms with E-state index in [0.717, 1.165) is 17.0 Å². The van der Waals surface area contributed by atoms with Crippen molar-refractivity contribution >= 4 is 5.97 Å². The zero-order valence-electron chi connectivity index (χ0n) is 10.00. The number of esters is 1. The topological polar surface area (TPSA) is 44.1 Å². The van der Waals surface area contributed by atoms with Crippen molar-refractivity contribution in [3.05, 3.63) is 17.0 Å². The first-order valence-electron chi connectivity index (χ1n) is 5.18. The van der Waals surface area contributed by atoms with E-state index in [2.05, 4.69) is 5.10 Å². The molecule has 0 N–H and O–H groups in total. The first kappa shape index (κ1) is 11.8. The standard InChI is InChI=1S/C11H18N2O2/c1-6-15-11(14)10(5)13-9(4)7(2)8(3)12-13/h10H,6H2,1-5H3/t10-/m0/s1. The van der Waals surface area contributed by atoms with Crippen molar-refractivity contribution in [1.82, 2.24) is 9.78 Å². The maximum Gasteiger partial charge on any atom is 0.330 e. The maximum atomic E-state index is 11.5. The van der Waals surface area contributed by atoms with Crippen LogP contribution in [-0.4, -0.2) is 22.4 Å². The van der Waals surface area contributed by atoms with Crippen LogP contribution in [-0.2, 0) is 9.53 Å². The number of nitrogens with zero attached hydrogens (tertiary/aromatic N) is 2. The van der Waals surface area contributed by atoms with Gasteiger partial charge in [0.05, 0.1) is 12.3 Å². The summed E-state index contributed by atoms with van der Waals surface area (Å²) in [7, 11) is 0. The molecule has 15 heavy (non-hydrogen) atoms. The van der Waals surface area contributed by atoms with Gasteiger partial charge in [-0.25, -0.2) is 4.79 Å². The lowest BCUT2D eigenvalue weighted by Gasteiger charge is -2.12. The Morgan fingerprint density at radius 2 is 2.07 bits per heavy atom. The molecule has 1 heterocycles. The highest BCUT2D eigenvalue weighted by atomic mass is 16.5. The molecule has 0 spiro atoms. The first-order chi connectivity index (χ1) is 6.99. The highest BCUT2D eigenvalue weighted by Crippen LogP contribution is 2.16. The Morgan fingerprint density at radius 1 is 1.47 bits per heavy atom. The monoisotopic (exact) mass is 210 g/mol. The molecule has 0 aliphatic rings. The molecule has 1 rings (SSSR count). The molecule has 0 aliphatic heterocycles. The van der Waals surface area contributed by atoms with Crippen molar-refractivity contribution in [1.29, 1.82) is 0 Å². The van der Waals surface area contributed by atoms with Gasteiger partial charge < -0.3 is 4.74 Å². The molecule has 1 aromatic heterocycles. The molecule has 0 amide bonds. The SMILES string of the molecule is CCOC(=O)[C@H](C)n1nc(C)c(C)c1C. The normalized spacial score (nSPS) is 12.6. The van der Waals surface area contributed by atoms with Crippen LogP contribution in [0.25, 0.3) is 0 Å². The van der Waals surface area contributed by atoms with Gasteiger partial charge in [0, 0.05) is 5.69 Å². The highest BCUT2D eigenvalue weighted by Gasteiger charge is 2.20. The second-order valence-corrected chi connectivity index (χ2v) is 3.67. The van der Waals surface area contributed by atoms with Crippen LogP contribution >= 0.6 is 0 Å². The van der Waals surface area contributed by atoms with Crippen molar-refractivity contribution < 1.29 is 9.53 Å². The molecule has 4 heteroatoms. The molecule has 1 aromatic rings. The van der Waals surface area contributed by atoms with Gasteiger partial charge in [-0.15, -0.1) is 0 Å². The zero-order chi connectivity index (χ0) is 11.6. The highest BCUT2D eigenvalue weighted by molar-refractivity contribution is 5.73. The second-order valence-electron chi connectivity index (χ2n) is 3.67. The molecule has 84 valence electrons. The maximum absolute atomic E-state index is 11.5. The number of ether oxygens (including phenoxy) is 1. The third-order valence-corrected chi connectivity index (χ3v) is 2.68. The number of hydrogen-bond acceptors (Lipinski definition) is 3. The van der Waals surface area contributed by atoms with E-state index < -0.39 is 0 Å². The molecule has 4 nitrogen and oxygen atoms in total. The Kier molecular flexibility index (Phi) is 3.50. The first-order valence-corrected chi connectivity index (χ1v) is 5.18. The minimum Gasteiger partial charge on any atom is -0.464 e. The summed E-state index contributed by atoms with van der Waals surface area (Å²) in [6, 6.07) is -0.350. The van der Waals surface area contributed by atoms with E-state index in [9.17, 15) is 4.79 Å². The van der Waals surface area contributed by atoms with Gasteiger partial charge in [0.1, 0.15) is 6.04 Å². The molecule has 0 aliphatic carbocycles. The van der Waals surface area contributed by atoms with Gasteiger partial charge in [-0.3, -0.25) is 4.68 Å². The molecule has 0 bridgehead atoms. The van der Waals surface area contributed by atoms with E-state index in [1.807, 2.05) is 20.8 Å². The van der Waals surface area contributed by atoms with Gasteiger partial charge in [-0.1, -0.05) is 0 Å². The Morgan fingerprint density at radius 3 is 2.47 bits per heavy atom. The summed E-state index contributed by atoms with van der Waals surface area (Å²) in [6.45, 7) is 9.92. The minimum absolute atomic E-state index is 0.233. The van der Waals surface area contributed by atoms with E-state index in [-0.39, 0.29) is 12.0 Å². The molecular weight excluding hydrogens is 192 g/mol. The van der Waals surface area contributed by atoms with Gasteiger partial charge in [0.2, 0.25) is 0 Å². The van der Waals surface area contributed by atoms with Crippen LogP contribution in [0.15, 0.2) is 0 Å². The van der Waals surface area contributed by atoms with Crippen LogP contribution < -0.4 is 0 Å². The van der Waals surface area contributed by atoms with Crippen molar-refractivity contribution in [3.63, 3.8) is 0 Å². The van der Waals surface area contributed by atoms with E-state index in [1.165, 1.54) is 0 Å². The van der Waals surface area contributed by atoms with Crippen molar-refractivity contribution in [2.75, 3.05) is 6.61 Å². The number of carbonyl (C=O) groups is 1. The van der Waals surface area contributed by atoms with Crippen molar-refractivity contribution in [2.24, 2.45) is 0 Å². The van der Waals surface area contributed by atoms with E-state index in [1.54, 1.807) is 18.5 Å². The lowest BCUT2D eigenvalue weighted by molar-refractivity contribution is -0.146.